The molecule has 2 aliphatic rings. The third-order valence-corrected chi connectivity index (χ3v) is 5.94. The van der Waals surface area contributed by atoms with Gasteiger partial charge in [0.2, 0.25) is 0 Å². The zero-order chi connectivity index (χ0) is 18.0. The van der Waals surface area contributed by atoms with Crippen molar-refractivity contribution in [3.63, 3.8) is 0 Å². The van der Waals surface area contributed by atoms with Crippen molar-refractivity contribution in [2.45, 2.75) is 31.3 Å². The molecule has 2 N–H and O–H groups in total. The van der Waals surface area contributed by atoms with Gasteiger partial charge in [-0.15, -0.1) is 0 Å². The summed E-state index contributed by atoms with van der Waals surface area (Å²) in [4.78, 5) is 12.9. The Morgan fingerprint density at radius 3 is 2.12 bits per heavy atom. The molecule has 4 heteroatoms. The molecule has 26 heavy (non-hydrogen) atoms. The number of benzene rings is 2. The van der Waals surface area contributed by atoms with Crippen molar-refractivity contribution in [2.75, 3.05) is 0 Å². The van der Waals surface area contributed by atoms with E-state index in [9.17, 15) is 9.90 Å². The predicted molar refractivity (Wildman–Crippen MR) is 101 cm³/mol. The Bertz CT molecular complexity index is 749. The third kappa shape index (κ3) is 3.06. The minimum absolute atomic E-state index is 0.454. The van der Waals surface area contributed by atoms with Crippen LogP contribution in [0.25, 0.3) is 0 Å². The summed E-state index contributed by atoms with van der Waals surface area (Å²) in [5.74, 6) is 1.46. The lowest BCUT2D eigenvalue weighted by molar-refractivity contribution is -0.136. The summed E-state index contributed by atoms with van der Waals surface area (Å²) in [7, 11) is 0. The van der Waals surface area contributed by atoms with Gasteiger partial charge in [-0.25, -0.2) is 5.43 Å². The highest BCUT2D eigenvalue weighted by atomic mass is 16.3. The van der Waals surface area contributed by atoms with Crippen LogP contribution in [0, 0.1) is 17.8 Å². The van der Waals surface area contributed by atoms with Gasteiger partial charge in [-0.3, -0.25) is 4.79 Å². The summed E-state index contributed by atoms with van der Waals surface area (Å²) >= 11 is 0. The fourth-order valence-corrected chi connectivity index (χ4v) is 4.54. The summed E-state index contributed by atoms with van der Waals surface area (Å²) in [5.41, 5.74) is 1.87. The second kappa shape index (κ2) is 7.04. The Kier molecular flexibility index (Phi) is 4.60. The average Bonchev–Trinajstić information content (AvgIpc) is 3.32. The van der Waals surface area contributed by atoms with E-state index in [0.717, 1.165) is 5.92 Å². The topological polar surface area (TPSA) is 61.7 Å². The molecule has 0 aromatic heterocycles. The summed E-state index contributed by atoms with van der Waals surface area (Å²) < 4.78 is 0. The highest BCUT2D eigenvalue weighted by Gasteiger charge is 2.41. The normalized spacial score (nSPS) is 24.9. The van der Waals surface area contributed by atoms with Crippen LogP contribution in [0.15, 0.2) is 65.8 Å². The van der Waals surface area contributed by atoms with Crippen molar-refractivity contribution >= 4 is 12.1 Å². The lowest BCUT2D eigenvalue weighted by atomic mass is 9.85. The SMILES string of the molecule is O=C(N/N=C/C1CC2CCC1C2)C(O)(c1ccccc1)c1ccccc1. The smallest absolute Gasteiger partial charge is 0.281 e. The van der Waals surface area contributed by atoms with Gasteiger partial charge in [0.05, 0.1) is 0 Å². The zero-order valence-corrected chi connectivity index (χ0v) is 14.7. The van der Waals surface area contributed by atoms with Crippen LogP contribution in [0.1, 0.15) is 36.8 Å². The fourth-order valence-electron chi connectivity index (χ4n) is 4.54. The molecule has 0 aliphatic heterocycles. The quantitative estimate of drug-likeness (QED) is 0.642. The van der Waals surface area contributed by atoms with Gasteiger partial charge < -0.3 is 5.11 Å². The van der Waals surface area contributed by atoms with E-state index in [1.54, 1.807) is 24.3 Å². The highest BCUT2D eigenvalue weighted by Crippen LogP contribution is 2.47. The Balaban J connectivity index is 1.55. The highest BCUT2D eigenvalue weighted by molar-refractivity contribution is 5.90. The lowest BCUT2D eigenvalue weighted by Crippen LogP contribution is -2.43. The monoisotopic (exact) mass is 348 g/mol. The number of amides is 1. The Morgan fingerprint density at radius 2 is 1.62 bits per heavy atom. The fraction of sp³-hybridized carbons (Fsp3) is 0.364. The molecular formula is C22H24N2O2. The number of hydrazone groups is 1. The van der Waals surface area contributed by atoms with Gasteiger partial charge in [-0.05, 0) is 48.1 Å². The maximum absolute atomic E-state index is 12.9. The van der Waals surface area contributed by atoms with Gasteiger partial charge in [0.1, 0.15) is 0 Å². The molecule has 3 unspecified atom stereocenters. The van der Waals surface area contributed by atoms with E-state index in [1.165, 1.54) is 25.7 Å². The maximum Gasteiger partial charge on any atom is 0.281 e. The second-order valence-electron chi connectivity index (χ2n) is 7.50. The van der Waals surface area contributed by atoms with E-state index in [0.29, 0.717) is 23.0 Å². The third-order valence-electron chi connectivity index (χ3n) is 5.94. The summed E-state index contributed by atoms with van der Waals surface area (Å²) in [6.45, 7) is 0. The molecule has 1 amide bonds. The number of fused-ring (bicyclic) bond motifs is 2. The van der Waals surface area contributed by atoms with Crippen molar-refractivity contribution in [1.82, 2.24) is 5.43 Å². The summed E-state index contributed by atoms with van der Waals surface area (Å²) in [6.07, 6.45) is 6.95. The van der Waals surface area contributed by atoms with Gasteiger partial charge in [-0.2, -0.15) is 5.10 Å². The molecule has 2 aliphatic carbocycles. The van der Waals surface area contributed by atoms with Gasteiger partial charge in [0, 0.05) is 6.21 Å². The van der Waals surface area contributed by atoms with Crippen LogP contribution < -0.4 is 5.43 Å². The first-order chi connectivity index (χ1) is 12.7. The Morgan fingerprint density at radius 1 is 1.00 bits per heavy atom. The number of rotatable bonds is 5. The molecule has 2 aromatic carbocycles. The largest absolute Gasteiger partial charge is 0.372 e. The predicted octanol–water partition coefficient (Wildman–Crippen LogP) is 3.46. The first-order valence-electron chi connectivity index (χ1n) is 9.35. The molecule has 0 radical (unpaired) electrons. The van der Waals surface area contributed by atoms with Crippen LogP contribution in [-0.2, 0) is 10.4 Å². The molecule has 4 nitrogen and oxygen atoms in total. The first-order valence-corrected chi connectivity index (χ1v) is 9.35. The van der Waals surface area contributed by atoms with E-state index in [4.69, 9.17) is 0 Å². The van der Waals surface area contributed by atoms with Gasteiger partial charge in [-0.1, -0.05) is 67.1 Å². The molecule has 2 fully saturated rings. The Labute approximate surface area is 153 Å². The van der Waals surface area contributed by atoms with Crippen LogP contribution in [0.2, 0.25) is 0 Å². The van der Waals surface area contributed by atoms with Crippen LogP contribution >= 0.6 is 0 Å². The number of hydrogen-bond acceptors (Lipinski definition) is 3. The molecule has 2 saturated carbocycles. The molecule has 3 atom stereocenters. The van der Waals surface area contributed by atoms with Gasteiger partial charge in [0.15, 0.2) is 5.60 Å². The number of nitrogens with zero attached hydrogens (tertiary/aromatic N) is 1. The van der Waals surface area contributed by atoms with Crippen molar-refractivity contribution in [2.24, 2.45) is 22.9 Å². The van der Waals surface area contributed by atoms with E-state index < -0.39 is 11.5 Å². The second-order valence-corrected chi connectivity index (χ2v) is 7.50. The van der Waals surface area contributed by atoms with Crippen molar-refractivity contribution < 1.29 is 9.90 Å². The standard InChI is InChI=1S/C22H24N2O2/c25-21(24-23-15-18-14-16-11-12-17(18)13-16)22(26,19-7-3-1-4-8-19)20-9-5-2-6-10-20/h1-10,15-18,26H,11-14H2,(H,24,25)/b23-15+. The molecule has 2 bridgehead atoms. The van der Waals surface area contributed by atoms with Crippen LogP contribution in [0.5, 0.6) is 0 Å². The molecule has 4 rings (SSSR count). The first kappa shape index (κ1) is 17.0. The molecule has 0 heterocycles. The average molecular weight is 348 g/mol. The lowest BCUT2D eigenvalue weighted by Gasteiger charge is -2.27. The molecule has 0 spiro atoms. The molecular weight excluding hydrogens is 324 g/mol. The number of carbonyl (C=O) groups excluding carboxylic acids is 1. The molecule has 134 valence electrons. The zero-order valence-electron chi connectivity index (χ0n) is 14.7. The number of hydrogen-bond donors (Lipinski definition) is 2. The van der Waals surface area contributed by atoms with Crippen molar-refractivity contribution in [3.8, 4) is 0 Å². The minimum Gasteiger partial charge on any atom is -0.372 e. The summed E-state index contributed by atoms with van der Waals surface area (Å²) in [6, 6.07) is 18.0. The minimum atomic E-state index is -1.77. The van der Waals surface area contributed by atoms with E-state index in [1.807, 2.05) is 42.6 Å². The van der Waals surface area contributed by atoms with Crippen LogP contribution in [-0.4, -0.2) is 17.2 Å². The van der Waals surface area contributed by atoms with E-state index in [2.05, 4.69) is 10.5 Å². The Hall–Kier alpha value is -2.46. The van der Waals surface area contributed by atoms with Crippen LogP contribution in [0.4, 0.5) is 0 Å². The van der Waals surface area contributed by atoms with E-state index >= 15 is 0 Å². The van der Waals surface area contributed by atoms with Crippen LogP contribution in [0.3, 0.4) is 0 Å². The van der Waals surface area contributed by atoms with Gasteiger partial charge >= 0.3 is 0 Å². The number of aliphatic hydroxyl groups is 1. The number of nitrogens with one attached hydrogen (secondary N) is 1. The summed E-state index contributed by atoms with van der Waals surface area (Å²) in [5, 5.41) is 15.5. The van der Waals surface area contributed by atoms with Crippen molar-refractivity contribution in [3.05, 3.63) is 71.8 Å². The molecule has 0 saturated heterocycles. The molecule has 2 aromatic rings. The number of carbonyl (C=O) groups is 1. The van der Waals surface area contributed by atoms with E-state index in [-0.39, 0.29) is 0 Å². The van der Waals surface area contributed by atoms with Crippen molar-refractivity contribution in [1.29, 1.82) is 0 Å². The van der Waals surface area contributed by atoms with Gasteiger partial charge in [0.25, 0.3) is 5.91 Å². The maximum atomic E-state index is 12.9.